The summed E-state index contributed by atoms with van der Waals surface area (Å²) in [5.41, 5.74) is 0.812. The van der Waals surface area contributed by atoms with Crippen LogP contribution < -0.4 is 0 Å². The van der Waals surface area contributed by atoms with Gasteiger partial charge in [0.15, 0.2) is 9.84 Å². The molecule has 0 amide bonds. The Kier molecular flexibility index (Phi) is 2.92. The first kappa shape index (κ1) is 11.1. The van der Waals surface area contributed by atoms with Crippen LogP contribution in [0, 0.1) is 17.2 Å². The first-order valence-electron chi connectivity index (χ1n) is 5.12. The molecule has 5 heteroatoms. The highest BCUT2D eigenvalue weighted by Crippen LogP contribution is 2.32. The van der Waals surface area contributed by atoms with Crippen LogP contribution in [-0.2, 0) is 9.84 Å². The standard InChI is InChI=1S/C11H12N2O2S/c12-6-11(9-2-1-4-13-7-9)10-3-5-16(14,15)8-10/h1-2,4,7,10-11H,3,5,8H2. The zero-order valence-electron chi connectivity index (χ0n) is 8.70. The van der Waals surface area contributed by atoms with Gasteiger partial charge in [0, 0.05) is 12.4 Å². The molecular weight excluding hydrogens is 224 g/mol. The summed E-state index contributed by atoms with van der Waals surface area (Å²) in [6.07, 6.45) is 3.86. The molecule has 1 fully saturated rings. The zero-order chi connectivity index (χ0) is 11.6. The first-order chi connectivity index (χ1) is 7.62. The smallest absolute Gasteiger partial charge is 0.150 e. The molecule has 84 valence electrons. The molecule has 1 saturated heterocycles. The highest BCUT2D eigenvalue weighted by atomic mass is 32.2. The van der Waals surface area contributed by atoms with Crippen molar-refractivity contribution in [3.63, 3.8) is 0 Å². The van der Waals surface area contributed by atoms with Crippen LogP contribution in [0.25, 0.3) is 0 Å². The third kappa shape index (κ3) is 2.22. The van der Waals surface area contributed by atoms with Crippen molar-refractivity contribution in [3.05, 3.63) is 30.1 Å². The van der Waals surface area contributed by atoms with Gasteiger partial charge in [-0.15, -0.1) is 0 Å². The highest BCUT2D eigenvalue weighted by molar-refractivity contribution is 7.91. The van der Waals surface area contributed by atoms with Crippen molar-refractivity contribution in [3.8, 4) is 6.07 Å². The third-order valence-corrected chi connectivity index (χ3v) is 4.72. The highest BCUT2D eigenvalue weighted by Gasteiger charge is 2.34. The molecular formula is C11H12N2O2S. The fourth-order valence-electron chi connectivity index (χ4n) is 2.10. The van der Waals surface area contributed by atoms with E-state index in [1.54, 1.807) is 18.5 Å². The van der Waals surface area contributed by atoms with Crippen molar-refractivity contribution in [1.82, 2.24) is 4.98 Å². The Morgan fingerprint density at radius 2 is 2.38 bits per heavy atom. The fourth-order valence-corrected chi connectivity index (χ4v) is 3.94. The lowest BCUT2D eigenvalue weighted by atomic mass is 9.88. The van der Waals surface area contributed by atoms with E-state index in [9.17, 15) is 8.42 Å². The van der Waals surface area contributed by atoms with Crippen LogP contribution >= 0.6 is 0 Å². The van der Waals surface area contributed by atoms with Crippen LogP contribution in [0.3, 0.4) is 0 Å². The summed E-state index contributed by atoms with van der Waals surface area (Å²) < 4.78 is 22.7. The van der Waals surface area contributed by atoms with Crippen LogP contribution in [0.5, 0.6) is 0 Å². The van der Waals surface area contributed by atoms with E-state index in [0.717, 1.165) is 5.56 Å². The molecule has 0 aromatic carbocycles. The molecule has 0 N–H and O–H groups in total. The summed E-state index contributed by atoms with van der Waals surface area (Å²) in [5, 5.41) is 9.14. The molecule has 16 heavy (non-hydrogen) atoms. The van der Waals surface area contributed by atoms with Crippen molar-refractivity contribution in [2.45, 2.75) is 12.3 Å². The van der Waals surface area contributed by atoms with Crippen molar-refractivity contribution in [2.24, 2.45) is 5.92 Å². The molecule has 2 rings (SSSR count). The van der Waals surface area contributed by atoms with E-state index in [2.05, 4.69) is 11.1 Å². The Morgan fingerprint density at radius 1 is 1.56 bits per heavy atom. The SMILES string of the molecule is N#CC(c1cccnc1)C1CCS(=O)(=O)C1. The predicted molar refractivity (Wildman–Crippen MR) is 59.4 cm³/mol. The summed E-state index contributed by atoms with van der Waals surface area (Å²) in [4.78, 5) is 3.96. The van der Waals surface area contributed by atoms with Crippen molar-refractivity contribution in [1.29, 1.82) is 5.26 Å². The number of hydrogen-bond donors (Lipinski definition) is 0. The maximum atomic E-state index is 11.4. The summed E-state index contributed by atoms with van der Waals surface area (Å²) >= 11 is 0. The van der Waals surface area contributed by atoms with E-state index < -0.39 is 9.84 Å². The molecule has 1 aromatic rings. The molecule has 1 aliphatic rings. The van der Waals surface area contributed by atoms with E-state index in [1.165, 1.54) is 0 Å². The second-order valence-corrected chi connectivity index (χ2v) is 6.28. The van der Waals surface area contributed by atoms with Gasteiger partial charge in [0.25, 0.3) is 0 Å². The summed E-state index contributed by atoms with van der Waals surface area (Å²) in [5.74, 6) is -0.110. The van der Waals surface area contributed by atoms with Gasteiger partial charge >= 0.3 is 0 Å². The second kappa shape index (κ2) is 4.22. The average molecular weight is 236 g/mol. The van der Waals surface area contributed by atoms with Gasteiger partial charge in [-0.25, -0.2) is 8.42 Å². The van der Waals surface area contributed by atoms with E-state index >= 15 is 0 Å². The molecule has 2 atom stereocenters. The van der Waals surface area contributed by atoms with E-state index in [0.29, 0.717) is 6.42 Å². The van der Waals surface area contributed by atoms with Crippen molar-refractivity contribution in [2.75, 3.05) is 11.5 Å². The monoisotopic (exact) mass is 236 g/mol. The van der Waals surface area contributed by atoms with E-state index in [-0.39, 0.29) is 23.3 Å². The van der Waals surface area contributed by atoms with Gasteiger partial charge in [0.05, 0.1) is 23.5 Å². The van der Waals surface area contributed by atoms with E-state index in [1.807, 2.05) is 6.07 Å². The molecule has 2 heterocycles. The number of nitrogens with zero attached hydrogens (tertiary/aromatic N) is 2. The summed E-state index contributed by atoms with van der Waals surface area (Å²) in [7, 11) is -2.93. The Balaban J connectivity index is 2.23. The number of pyridine rings is 1. The maximum Gasteiger partial charge on any atom is 0.150 e. The number of hydrogen-bond acceptors (Lipinski definition) is 4. The fraction of sp³-hybridized carbons (Fsp3) is 0.455. The van der Waals surface area contributed by atoms with Gasteiger partial charge in [-0.05, 0) is 24.0 Å². The number of rotatable bonds is 2. The first-order valence-corrected chi connectivity index (χ1v) is 6.94. The van der Waals surface area contributed by atoms with Crippen LogP contribution in [-0.4, -0.2) is 24.9 Å². The Labute approximate surface area is 94.9 Å². The maximum absolute atomic E-state index is 11.4. The van der Waals surface area contributed by atoms with E-state index in [4.69, 9.17) is 5.26 Å². The van der Waals surface area contributed by atoms with Gasteiger partial charge in [-0.2, -0.15) is 5.26 Å². The minimum absolute atomic E-state index is 0.0841. The third-order valence-electron chi connectivity index (χ3n) is 2.92. The second-order valence-electron chi connectivity index (χ2n) is 4.06. The Bertz CT molecular complexity index is 505. The molecule has 0 saturated carbocycles. The van der Waals surface area contributed by atoms with Crippen LogP contribution in [0.4, 0.5) is 0 Å². The topological polar surface area (TPSA) is 70.8 Å². The minimum atomic E-state index is -2.93. The van der Waals surface area contributed by atoms with Crippen LogP contribution in [0.1, 0.15) is 17.9 Å². The number of sulfone groups is 1. The summed E-state index contributed by atoms with van der Waals surface area (Å²) in [6.45, 7) is 0. The molecule has 0 bridgehead atoms. The lowest BCUT2D eigenvalue weighted by Crippen LogP contribution is -2.13. The molecule has 2 unspecified atom stereocenters. The Morgan fingerprint density at radius 3 is 2.88 bits per heavy atom. The molecule has 1 aromatic heterocycles. The van der Waals surface area contributed by atoms with Crippen LogP contribution in [0.15, 0.2) is 24.5 Å². The molecule has 4 nitrogen and oxygen atoms in total. The lowest BCUT2D eigenvalue weighted by molar-refractivity contribution is 0.540. The quantitative estimate of drug-likeness (QED) is 0.771. The molecule has 0 aliphatic carbocycles. The van der Waals surface area contributed by atoms with Gasteiger partial charge in [0.2, 0.25) is 0 Å². The average Bonchev–Trinajstić information content (AvgIpc) is 2.62. The van der Waals surface area contributed by atoms with Gasteiger partial charge < -0.3 is 0 Å². The molecule has 1 aliphatic heterocycles. The largest absolute Gasteiger partial charge is 0.264 e. The van der Waals surface area contributed by atoms with Gasteiger partial charge in [-0.3, -0.25) is 4.98 Å². The number of nitriles is 1. The lowest BCUT2D eigenvalue weighted by Gasteiger charge is -2.14. The zero-order valence-corrected chi connectivity index (χ0v) is 9.52. The van der Waals surface area contributed by atoms with Gasteiger partial charge in [0.1, 0.15) is 0 Å². The normalized spacial score (nSPS) is 24.8. The van der Waals surface area contributed by atoms with Gasteiger partial charge in [-0.1, -0.05) is 6.07 Å². The van der Waals surface area contributed by atoms with Crippen molar-refractivity contribution >= 4 is 9.84 Å². The number of aromatic nitrogens is 1. The van der Waals surface area contributed by atoms with Crippen molar-refractivity contribution < 1.29 is 8.42 Å². The summed E-state index contributed by atoms with van der Waals surface area (Å²) in [6, 6.07) is 5.79. The molecule has 0 radical (unpaired) electrons. The minimum Gasteiger partial charge on any atom is -0.264 e. The predicted octanol–water partition coefficient (Wildman–Crippen LogP) is 1.12. The van der Waals surface area contributed by atoms with Crippen LogP contribution in [0.2, 0.25) is 0 Å². The molecule has 0 spiro atoms. The Hall–Kier alpha value is -1.41.